The third kappa shape index (κ3) is 5.64. The number of amides is 1. The number of nitrogens with zero attached hydrogens (tertiary/aromatic N) is 2. The molecular weight excluding hydrogens is 346 g/mol. The van der Waals surface area contributed by atoms with Crippen LogP contribution in [0.2, 0.25) is 0 Å². The molecule has 0 radical (unpaired) electrons. The van der Waals surface area contributed by atoms with Crippen LogP contribution in [0.5, 0.6) is 5.75 Å². The summed E-state index contributed by atoms with van der Waals surface area (Å²) in [4.78, 5) is 22.3. The zero-order chi connectivity index (χ0) is 20.0. The number of nitro benzene ring substituents is 1. The number of carbonyl (C=O) groups excluding carboxylic acids is 1. The van der Waals surface area contributed by atoms with E-state index in [4.69, 9.17) is 4.74 Å². The maximum absolute atomic E-state index is 11.9. The summed E-state index contributed by atoms with van der Waals surface area (Å²) >= 11 is 0. The van der Waals surface area contributed by atoms with Crippen molar-refractivity contribution in [1.29, 1.82) is 0 Å². The largest absolute Gasteiger partial charge is 0.477 e. The van der Waals surface area contributed by atoms with E-state index in [0.29, 0.717) is 5.71 Å². The third-order valence-electron chi connectivity index (χ3n) is 3.94. The Labute approximate surface area is 158 Å². The Hall–Kier alpha value is -3.22. The molecule has 2 rings (SSSR count). The van der Waals surface area contributed by atoms with Crippen molar-refractivity contribution < 1.29 is 14.5 Å². The van der Waals surface area contributed by atoms with Crippen molar-refractivity contribution in [2.24, 2.45) is 5.10 Å². The molecule has 0 saturated carbocycles. The number of hydrogen-bond donors (Lipinski definition) is 1. The van der Waals surface area contributed by atoms with Crippen molar-refractivity contribution in [3.05, 3.63) is 69.8 Å². The predicted molar refractivity (Wildman–Crippen MR) is 104 cm³/mol. The third-order valence-corrected chi connectivity index (χ3v) is 3.94. The Balaban J connectivity index is 1.95. The number of nitrogens with one attached hydrogen (secondary N) is 1. The lowest BCUT2D eigenvalue weighted by Gasteiger charge is -2.19. The topological polar surface area (TPSA) is 93.8 Å². The molecule has 142 valence electrons. The number of benzene rings is 2. The fraction of sp³-hybridized carbons (Fsp3) is 0.300. The summed E-state index contributed by atoms with van der Waals surface area (Å²) in [5.74, 6) is -0.463. The van der Waals surface area contributed by atoms with Gasteiger partial charge in [-0.05, 0) is 29.5 Å². The molecular formula is C20H23N3O4. The van der Waals surface area contributed by atoms with E-state index in [2.05, 4.69) is 31.3 Å². The molecule has 0 aliphatic heterocycles. The molecule has 0 aliphatic carbocycles. The van der Waals surface area contributed by atoms with Crippen molar-refractivity contribution in [3.8, 4) is 5.75 Å². The van der Waals surface area contributed by atoms with Crippen LogP contribution in [0.15, 0.2) is 53.6 Å². The molecule has 1 N–H and O–H groups in total. The Morgan fingerprint density at radius 2 is 1.78 bits per heavy atom. The molecule has 0 spiro atoms. The van der Waals surface area contributed by atoms with Crippen molar-refractivity contribution in [3.63, 3.8) is 0 Å². The Morgan fingerprint density at radius 1 is 1.15 bits per heavy atom. The summed E-state index contributed by atoms with van der Waals surface area (Å²) in [6.07, 6.45) is 0. The summed E-state index contributed by atoms with van der Waals surface area (Å²) in [7, 11) is 0. The minimum Gasteiger partial charge on any atom is -0.477 e. The van der Waals surface area contributed by atoms with E-state index >= 15 is 0 Å². The van der Waals surface area contributed by atoms with Gasteiger partial charge in [0.25, 0.3) is 5.91 Å². The quantitative estimate of drug-likeness (QED) is 0.476. The van der Waals surface area contributed by atoms with Crippen LogP contribution >= 0.6 is 0 Å². The number of ether oxygens (including phenoxy) is 1. The molecule has 0 saturated heterocycles. The molecule has 0 aliphatic rings. The van der Waals surface area contributed by atoms with Crippen LogP contribution in [-0.2, 0) is 10.2 Å². The molecule has 7 nitrogen and oxygen atoms in total. The van der Waals surface area contributed by atoms with E-state index in [0.717, 1.165) is 5.56 Å². The van der Waals surface area contributed by atoms with Crippen molar-refractivity contribution in [2.45, 2.75) is 33.1 Å². The van der Waals surface area contributed by atoms with Gasteiger partial charge in [0.1, 0.15) is 0 Å². The molecule has 27 heavy (non-hydrogen) atoms. The van der Waals surface area contributed by atoms with Crippen LogP contribution < -0.4 is 10.2 Å². The zero-order valence-corrected chi connectivity index (χ0v) is 15.9. The Bertz CT molecular complexity index is 852. The van der Waals surface area contributed by atoms with E-state index in [1.165, 1.54) is 23.8 Å². The molecule has 2 aromatic carbocycles. The average molecular weight is 369 g/mol. The van der Waals surface area contributed by atoms with Crippen LogP contribution in [0.4, 0.5) is 5.69 Å². The summed E-state index contributed by atoms with van der Waals surface area (Å²) in [6.45, 7) is 7.83. The maximum atomic E-state index is 11.9. The van der Waals surface area contributed by atoms with Crippen LogP contribution in [0.3, 0.4) is 0 Å². The fourth-order valence-corrected chi connectivity index (χ4v) is 2.33. The van der Waals surface area contributed by atoms with Gasteiger partial charge in [-0.2, -0.15) is 5.10 Å². The first-order valence-corrected chi connectivity index (χ1v) is 8.49. The van der Waals surface area contributed by atoms with E-state index in [-0.39, 0.29) is 23.5 Å². The Morgan fingerprint density at radius 3 is 2.37 bits per heavy atom. The first-order valence-electron chi connectivity index (χ1n) is 8.49. The number of para-hydroxylation sites is 2. The second-order valence-electron chi connectivity index (χ2n) is 7.07. The molecule has 0 heterocycles. The lowest BCUT2D eigenvalue weighted by atomic mass is 9.86. The lowest BCUT2D eigenvalue weighted by molar-refractivity contribution is -0.385. The maximum Gasteiger partial charge on any atom is 0.310 e. The van der Waals surface area contributed by atoms with E-state index in [9.17, 15) is 14.9 Å². The highest BCUT2D eigenvalue weighted by atomic mass is 16.6. The highest BCUT2D eigenvalue weighted by Crippen LogP contribution is 2.25. The summed E-state index contributed by atoms with van der Waals surface area (Å²) in [5, 5.41) is 15.0. The van der Waals surface area contributed by atoms with E-state index < -0.39 is 10.8 Å². The normalized spacial score (nSPS) is 11.8. The average Bonchev–Trinajstić information content (AvgIpc) is 2.64. The predicted octanol–water partition coefficient (Wildman–Crippen LogP) is 3.81. The summed E-state index contributed by atoms with van der Waals surface area (Å²) in [5.41, 5.74) is 5.02. The van der Waals surface area contributed by atoms with Gasteiger partial charge in [0.05, 0.1) is 10.6 Å². The van der Waals surface area contributed by atoms with Gasteiger partial charge in [0.2, 0.25) is 0 Å². The molecule has 0 atom stereocenters. The van der Waals surface area contributed by atoms with Gasteiger partial charge in [0.15, 0.2) is 12.4 Å². The van der Waals surface area contributed by atoms with Crippen molar-refractivity contribution in [2.75, 3.05) is 6.61 Å². The first-order chi connectivity index (χ1) is 12.7. The minimum absolute atomic E-state index is 0.0381. The van der Waals surface area contributed by atoms with Crippen LogP contribution in [0.1, 0.15) is 38.8 Å². The standard InChI is InChI=1S/C20H23N3O4/c1-14(15-9-11-16(12-10-15)20(2,3)4)21-22-19(24)13-27-18-8-6-5-7-17(18)23(25)26/h5-12H,13H2,1-4H3,(H,22,24)/b21-14+. The Kier molecular flexibility index (Phi) is 6.28. The van der Waals surface area contributed by atoms with Gasteiger partial charge in [-0.1, -0.05) is 57.2 Å². The highest BCUT2D eigenvalue weighted by molar-refractivity contribution is 5.99. The minimum atomic E-state index is -0.559. The van der Waals surface area contributed by atoms with Crippen LogP contribution in [0, 0.1) is 10.1 Å². The second-order valence-corrected chi connectivity index (χ2v) is 7.07. The van der Waals surface area contributed by atoms with Crippen LogP contribution in [-0.4, -0.2) is 23.1 Å². The van der Waals surface area contributed by atoms with Crippen LogP contribution in [0.25, 0.3) is 0 Å². The molecule has 2 aromatic rings. The van der Waals surface area contributed by atoms with Crippen molar-refractivity contribution in [1.82, 2.24) is 5.43 Å². The smallest absolute Gasteiger partial charge is 0.310 e. The number of hydrogen-bond acceptors (Lipinski definition) is 5. The van der Waals surface area contributed by atoms with E-state index in [1.807, 2.05) is 24.3 Å². The van der Waals surface area contributed by atoms with Gasteiger partial charge in [-0.25, -0.2) is 5.43 Å². The van der Waals surface area contributed by atoms with Gasteiger partial charge < -0.3 is 4.74 Å². The molecule has 0 bridgehead atoms. The SMILES string of the molecule is C/C(=N\NC(=O)COc1ccccc1[N+](=O)[O-])c1ccc(C(C)(C)C)cc1. The highest BCUT2D eigenvalue weighted by Gasteiger charge is 2.15. The van der Waals surface area contributed by atoms with Gasteiger partial charge in [-0.3, -0.25) is 14.9 Å². The van der Waals surface area contributed by atoms with E-state index in [1.54, 1.807) is 13.0 Å². The molecule has 0 unspecified atom stereocenters. The van der Waals surface area contributed by atoms with Gasteiger partial charge in [-0.15, -0.1) is 0 Å². The summed E-state index contributed by atoms with van der Waals surface area (Å²) in [6, 6.07) is 13.9. The number of rotatable bonds is 6. The molecule has 1 amide bonds. The second kappa shape index (κ2) is 8.44. The zero-order valence-electron chi connectivity index (χ0n) is 15.9. The lowest BCUT2D eigenvalue weighted by Crippen LogP contribution is -2.25. The number of nitro groups is 1. The first kappa shape index (κ1) is 20.1. The molecule has 7 heteroatoms. The van der Waals surface area contributed by atoms with Crippen molar-refractivity contribution >= 4 is 17.3 Å². The monoisotopic (exact) mass is 369 g/mol. The number of carbonyl (C=O) groups is 1. The number of hydrazone groups is 1. The summed E-state index contributed by atoms with van der Waals surface area (Å²) < 4.78 is 5.23. The molecule has 0 aromatic heterocycles. The van der Waals surface area contributed by atoms with Gasteiger partial charge >= 0.3 is 5.69 Å². The van der Waals surface area contributed by atoms with Gasteiger partial charge in [0, 0.05) is 6.07 Å². The molecule has 0 fully saturated rings. The fourth-order valence-electron chi connectivity index (χ4n) is 2.33.